The van der Waals surface area contributed by atoms with Crippen LogP contribution in [0.3, 0.4) is 0 Å². The van der Waals surface area contributed by atoms with Crippen molar-refractivity contribution in [2.75, 3.05) is 12.4 Å². The van der Waals surface area contributed by atoms with E-state index in [0.717, 1.165) is 45.8 Å². The zero-order chi connectivity index (χ0) is 20.7. The molecule has 4 aromatic rings. The number of fused-ring (bicyclic) bond motifs is 2. The number of thiophene rings is 1. The summed E-state index contributed by atoms with van der Waals surface area (Å²) in [4.78, 5) is 24.8. The Labute approximate surface area is 178 Å². The maximum atomic E-state index is 11.8. The van der Waals surface area contributed by atoms with E-state index in [1.165, 1.54) is 5.56 Å². The third-order valence-electron chi connectivity index (χ3n) is 5.36. The first-order valence-corrected chi connectivity index (χ1v) is 10.6. The van der Waals surface area contributed by atoms with E-state index in [2.05, 4.69) is 29.4 Å². The topological polar surface area (TPSA) is 84.1 Å². The minimum Gasteiger partial charge on any atom is -0.366 e. The lowest BCUT2D eigenvalue weighted by Crippen LogP contribution is -2.10. The van der Waals surface area contributed by atoms with Gasteiger partial charge in [0.1, 0.15) is 5.82 Å². The molecule has 2 aromatic heterocycles. The molecule has 1 aliphatic rings. The molecule has 0 saturated carbocycles. The summed E-state index contributed by atoms with van der Waals surface area (Å²) < 4.78 is 0. The van der Waals surface area contributed by atoms with E-state index >= 15 is 0 Å². The Morgan fingerprint density at radius 2 is 1.93 bits per heavy atom. The van der Waals surface area contributed by atoms with E-state index in [-0.39, 0.29) is 0 Å². The third kappa shape index (κ3) is 3.32. The van der Waals surface area contributed by atoms with E-state index in [4.69, 9.17) is 15.7 Å². The molecule has 1 amide bonds. The van der Waals surface area contributed by atoms with Crippen molar-refractivity contribution < 1.29 is 4.79 Å². The van der Waals surface area contributed by atoms with Gasteiger partial charge in [0.15, 0.2) is 5.82 Å². The van der Waals surface area contributed by atoms with Crippen molar-refractivity contribution in [2.45, 2.75) is 19.6 Å². The Hall–Kier alpha value is -3.29. The molecule has 2 aromatic carbocycles. The van der Waals surface area contributed by atoms with E-state index in [1.807, 2.05) is 35.7 Å². The Morgan fingerprint density at radius 1 is 1.10 bits per heavy atom. The number of anilines is 1. The fourth-order valence-electron chi connectivity index (χ4n) is 3.90. The maximum absolute atomic E-state index is 11.8. The molecule has 0 saturated heterocycles. The van der Waals surface area contributed by atoms with Gasteiger partial charge in [-0.1, -0.05) is 42.5 Å². The van der Waals surface area contributed by atoms with Crippen molar-refractivity contribution in [3.63, 3.8) is 0 Å². The molecule has 5 rings (SSSR count). The number of nitrogens with one attached hydrogen (secondary N) is 1. The third-order valence-corrected chi connectivity index (χ3v) is 6.35. The van der Waals surface area contributed by atoms with Gasteiger partial charge in [-0.3, -0.25) is 9.69 Å². The molecule has 30 heavy (non-hydrogen) atoms. The standard InChI is InChI=1S/C23H21N5OS/c1-28-11-17-19(12-28)26-23(27-22(17)25-10-14-6-3-2-4-7-14)20-15-8-5-9-16(21(24)29)18(15)13-30-20/h2-9,13H,10-12H2,1H3,(H2,24,29)(H,25,26,27). The van der Waals surface area contributed by atoms with Crippen molar-refractivity contribution in [3.8, 4) is 10.7 Å². The summed E-state index contributed by atoms with van der Waals surface area (Å²) >= 11 is 1.54. The Bertz CT molecular complexity index is 1250. The van der Waals surface area contributed by atoms with Gasteiger partial charge in [0.2, 0.25) is 5.91 Å². The number of carbonyl (C=O) groups is 1. The van der Waals surface area contributed by atoms with Crippen LogP contribution in [0.25, 0.3) is 21.5 Å². The monoisotopic (exact) mass is 415 g/mol. The second kappa shape index (κ2) is 7.51. The Morgan fingerprint density at radius 3 is 2.73 bits per heavy atom. The molecular weight excluding hydrogens is 394 g/mol. The molecule has 6 nitrogen and oxygen atoms in total. The fourth-order valence-corrected chi connectivity index (χ4v) is 4.89. The number of aromatic nitrogens is 2. The minimum absolute atomic E-state index is 0.424. The summed E-state index contributed by atoms with van der Waals surface area (Å²) in [7, 11) is 2.09. The van der Waals surface area contributed by atoms with Crippen LogP contribution in [-0.4, -0.2) is 27.8 Å². The van der Waals surface area contributed by atoms with Gasteiger partial charge in [0.05, 0.1) is 10.6 Å². The van der Waals surface area contributed by atoms with Crippen LogP contribution in [0.5, 0.6) is 0 Å². The van der Waals surface area contributed by atoms with Crippen LogP contribution in [0, 0.1) is 0 Å². The molecule has 0 spiro atoms. The largest absolute Gasteiger partial charge is 0.366 e. The van der Waals surface area contributed by atoms with Crippen LogP contribution in [0.4, 0.5) is 5.82 Å². The summed E-state index contributed by atoms with van der Waals surface area (Å²) in [6.45, 7) is 2.31. The van der Waals surface area contributed by atoms with E-state index < -0.39 is 5.91 Å². The summed E-state index contributed by atoms with van der Waals surface area (Å²) in [5.74, 6) is 1.13. The first-order chi connectivity index (χ1) is 14.6. The average Bonchev–Trinajstić information content (AvgIpc) is 3.35. The van der Waals surface area contributed by atoms with E-state index in [0.29, 0.717) is 17.9 Å². The van der Waals surface area contributed by atoms with Gasteiger partial charge in [-0.25, -0.2) is 9.97 Å². The molecule has 7 heteroatoms. The number of amides is 1. The maximum Gasteiger partial charge on any atom is 0.249 e. The normalized spacial score (nSPS) is 13.5. The first kappa shape index (κ1) is 18.7. The highest BCUT2D eigenvalue weighted by molar-refractivity contribution is 7.15. The summed E-state index contributed by atoms with van der Waals surface area (Å²) in [6.07, 6.45) is 0. The number of nitrogens with two attached hydrogens (primary N) is 1. The fraction of sp³-hybridized carbons (Fsp3) is 0.174. The molecule has 1 aliphatic heterocycles. The Kier molecular flexibility index (Phi) is 4.69. The Balaban J connectivity index is 1.58. The quantitative estimate of drug-likeness (QED) is 0.514. The van der Waals surface area contributed by atoms with Crippen molar-refractivity contribution in [3.05, 3.63) is 76.3 Å². The number of nitrogens with zero attached hydrogens (tertiary/aromatic N) is 3. The van der Waals surface area contributed by atoms with Crippen LogP contribution in [0.2, 0.25) is 0 Å². The lowest BCUT2D eigenvalue weighted by atomic mass is 10.1. The highest BCUT2D eigenvalue weighted by Gasteiger charge is 2.24. The molecule has 150 valence electrons. The average molecular weight is 416 g/mol. The van der Waals surface area contributed by atoms with Crippen LogP contribution < -0.4 is 11.1 Å². The first-order valence-electron chi connectivity index (χ1n) is 9.76. The predicted octanol–water partition coefficient (Wildman–Crippen LogP) is 4.01. The number of carbonyl (C=O) groups excluding carboxylic acids is 1. The van der Waals surface area contributed by atoms with Crippen molar-refractivity contribution in [2.24, 2.45) is 5.73 Å². The molecule has 0 radical (unpaired) electrons. The predicted molar refractivity (Wildman–Crippen MR) is 120 cm³/mol. The highest BCUT2D eigenvalue weighted by atomic mass is 32.1. The van der Waals surface area contributed by atoms with Crippen molar-refractivity contribution in [1.82, 2.24) is 14.9 Å². The lowest BCUT2D eigenvalue weighted by Gasteiger charge is -2.12. The molecule has 0 aliphatic carbocycles. The SMILES string of the molecule is CN1Cc2nc(-c3scc4c(C(N)=O)cccc34)nc(NCc3ccccc3)c2C1. The molecule has 3 heterocycles. The van der Waals surface area contributed by atoms with Gasteiger partial charge < -0.3 is 11.1 Å². The van der Waals surface area contributed by atoms with Gasteiger partial charge in [0, 0.05) is 46.9 Å². The molecular formula is C23H21N5OS. The number of hydrogen-bond acceptors (Lipinski definition) is 6. The van der Waals surface area contributed by atoms with Crippen LogP contribution >= 0.6 is 11.3 Å². The van der Waals surface area contributed by atoms with Crippen LogP contribution in [0.1, 0.15) is 27.2 Å². The lowest BCUT2D eigenvalue weighted by molar-refractivity contribution is 0.100. The minimum atomic E-state index is -0.424. The zero-order valence-electron chi connectivity index (χ0n) is 16.6. The second-order valence-electron chi connectivity index (χ2n) is 7.53. The number of hydrogen-bond donors (Lipinski definition) is 2. The smallest absolute Gasteiger partial charge is 0.249 e. The number of primary amides is 1. The summed E-state index contributed by atoms with van der Waals surface area (Å²) in [6, 6.07) is 15.9. The summed E-state index contributed by atoms with van der Waals surface area (Å²) in [5, 5.41) is 7.28. The van der Waals surface area contributed by atoms with E-state index in [1.54, 1.807) is 17.4 Å². The van der Waals surface area contributed by atoms with Gasteiger partial charge in [-0.2, -0.15) is 0 Å². The van der Waals surface area contributed by atoms with Crippen molar-refractivity contribution >= 4 is 33.8 Å². The van der Waals surface area contributed by atoms with Crippen molar-refractivity contribution in [1.29, 1.82) is 0 Å². The highest BCUT2D eigenvalue weighted by Crippen LogP contribution is 2.37. The number of rotatable bonds is 5. The second-order valence-corrected chi connectivity index (χ2v) is 8.41. The zero-order valence-corrected chi connectivity index (χ0v) is 17.4. The molecule has 0 fully saturated rings. The molecule has 3 N–H and O–H groups in total. The van der Waals surface area contributed by atoms with Gasteiger partial charge in [-0.05, 0) is 18.7 Å². The molecule has 0 atom stereocenters. The van der Waals surface area contributed by atoms with Gasteiger partial charge >= 0.3 is 0 Å². The van der Waals surface area contributed by atoms with Gasteiger partial charge in [-0.15, -0.1) is 11.3 Å². The van der Waals surface area contributed by atoms with E-state index in [9.17, 15) is 4.79 Å². The molecule has 0 unspecified atom stereocenters. The van der Waals surface area contributed by atoms with Crippen LogP contribution in [0.15, 0.2) is 53.9 Å². The number of benzene rings is 2. The van der Waals surface area contributed by atoms with Crippen LogP contribution in [-0.2, 0) is 19.6 Å². The van der Waals surface area contributed by atoms with Gasteiger partial charge in [0.25, 0.3) is 0 Å². The molecule has 0 bridgehead atoms. The summed E-state index contributed by atoms with van der Waals surface area (Å²) in [5.41, 5.74) is 9.48.